The number of hydrogen-bond donors (Lipinski definition) is 6. The Morgan fingerprint density at radius 2 is 1.54 bits per heavy atom. The maximum absolute atomic E-state index is 13.1. The average molecular weight is 664 g/mol. The molecule has 16 nitrogen and oxygen atoms in total. The van der Waals surface area contributed by atoms with Gasteiger partial charge in [0.2, 0.25) is 0 Å². The van der Waals surface area contributed by atoms with Crippen LogP contribution in [0.1, 0.15) is 54.5 Å². The van der Waals surface area contributed by atoms with Crippen LogP contribution in [0.4, 0.5) is 34.1 Å². The van der Waals surface area contributed by atoms with Crippen molar-refractivity contribution in [3.05, 3.63) is 76.1 Å². The molecule has 5 aromatic heterocycles. The van der Waals surface area contributed by atoms with Crippen LogP contribution in [0, 0.1) is 0 Å². The predicted molar refractivity (Wildman–Crippen MR) is 180 cm³/mol. The highest BCUT2D eigenvalue weighted by atomic mass is 32.1. The predicted octanol–water partition coefficient (Wildman–Crippen LogP) is 3.36. The summed E-state index contributed by atoms with van der Waals surface area (Å²) in [5, 5.41) is 28.5. The van der Waals surface area contributed by atoms with Crippen molar-refractivity contribution < 1.29 is 14.4 Å². The van der Waals surface area contributed by atoms with Gasteiger partial charge in [0.1, 0.15) is 34.4 Å². The zero-order chi connectivity index (χ0) is 32.8. The van der Waals surface area contributed by atoms with E-state index in [9.17, 15) is 14.4 Å². The summed E-state index contributed by atoms with van der Waals surface area (Å²) < 4.78 is 3.18. The third-order valence-electron chi connectivity index (χ3n) is 8.10. The maximum Gasteiger partial charge on any atom is 0.256 e. The van der Waals surface area contributed by atoms with Crippen LogP contribution in [0.3, 0.4) is 0 Å². The van der Waals surface area contributed by atoms with Crippen molar-refractivity contribution in [2.45, 2.75) is 25.8 Å². The van der Waals surface area contributed by atoms with Crippen LogP contribution in [-0.2, 0) is 13.0 Å². The quantitative estimate of drug-likeness (QED) is 0.161. The van der Waals surface area contributed by atoms with E-state index in [1.54, 1.807) is 40.3 Å². The number of nitrogens with one attached hydrogen (secondary N) is 6. The van der Waals surface area contributed by atoms with E-state index >= 15 is 0 Å². The third-order valence-corrected chi connectivity index (χ3v) is 9.12. The Kier molecular flexibility index (Phi) is 7.28. The van der Waals surface area contributed by atoms with Gasteiger partial charge in [-0.3, -0.25) is 14.4 Å². The number of hydrogen-bond acceptors (Lipinski definition) is 13. The van der Waals surface area contributed by atoms with Gasteiger partial charge in [-0.1, -0.05) is 23.5 Å². The van der Waals surface area contributed by atoms with Gasteiger partial charge < -0.3 is 31.9 Å². The van der Waals surface area contributed by atoms with E-state index in [0.29, 0.717) is 88.0 Å². The van der Waals surface area contributed by atoms with E-state index in [1.165, 1.54) is 23.7 Å². The molecule has 0 fully saturated rings. The van der Waals surface area contributed by atoms with Crippen molar-refractivity contribution in [2.75, 3.05) is 41.4 Å². The molecule has 8 rings (SSSR count). The summed E-state index contributed by atoms with van der Waals surface area (Å²) >= 11 is 1.49. The van der Waals surface area contributed by atoms with E-state index < -0.39 is 0 Å². The van der Waals surface area contributed by atoms with Gasteiger partial charge in [-0.25, -0.2) is 15.0 Å². The highest BCUT2D eigenvalue weighted by Crippen LogP contribution is 2.30. The van der Waals surface area contributed by atoms with Crippen molar-refractivity contribution >= 4 is 74.3 Å². The molecule has 0 radical (unpaired) electrons. The number of fused-ring (bicyclic) bond motifs is 6. The number of aromatic nitrogens is 7. The summed E-state index contributed by atoms with van der Waals surface area (Å²) in [6.07, 6.45) is 4.47. The molecule has 17 heteroatoms. The van der Waals surface area contributed by atoms with E-state index in [1.807, 2.05) is 12.1 Å². The Labute approximate surface area is 276 Å². The number of Topliss-reactive ketones (excluding diaryl/α,β-unsaturated/α-hetero) is 1. The van der Waals surface area contributed by atoms with Gasteiger partial charge in [-0.2, -0.15) is 19.2 Å². The van der Waals surface area contributed by atoms with E-state index in [4.69, 9.17) is 9.97 Å². The molecule has 1 aromatic carbocycles. The van der Waals surface area contributed by atoms with Crippen LogP contribution in [0.25, 0.3) is 11.3 Å². The number of carbonyl (C=O) groups excluding carboxylic acids is 3. The second kappa shape index (κ2) is 11.9. The van der Waals surface area contributed by atoms with Gasteiger partial charge in [0.25, 0.3) is 11.8 Å². The molecule has 7 heterocycles. The first-order valence-corrected chi connectivity index (χ1v) is 16.2. The number of amides is 2. The van der Waals surface area contributed by atoms with Crippen molar-refractivity contribution in [3.8, 4) is 0 Å². The second-order valence-corrected chi connectivity index (χ2v) is 12.3. The SMILES string of the molecule is CNc1cc2nc3c(cnn13)C(=O)NCCCc1nc(sc1CNc1cc3nc4c(cnn14)C(=O)NCCC(=O)c1cccc(c1)N3)N2. The molecule has 48 heavy (non-hydrogen) atoms. The van der Waals surface area contributed by atoms with Crippen LogP contribution in [0.2, 0.25) is 0 Å². The molecule has 2 aliphatic rings. The van der Waals surface area contributed by atoms with Gasteiger partial charge in [-0.15, -0.1) is 0 Å². The molecule has 2 aliphatic heterocycles. The highest BCUT2D eigenvalue weighted by Gasteiger charge is 2.22. The molecule has 0 spiro atoms. The monoisotopic (exact) mass is 663 g/mol. The number of thiazole rings is 1. The molecule has 0 saturated carbocycles. The largest absolute Gasteiger partial charge is 0.373 e. The molecule has 6 N–H and O–H groups in total. The molecule has 0 atom stereocenters. The lowest BCUT2D eigenvalue weighted by molar-refractivity contribution is 0.0935. The first kappa shape index (κ1) is 29.3. The number of aryl methyl sites for hydroxylation is 1. The molecule has 0 saturated heterocycles. The van der Waals surface area contributed by atoms with E-state index in [-0.39, 0.29) is 30.6 Å². The molecular weight excluding hydrogens is 634 g/mol. The average Bonchev–Trinajstić information content (AvgIpc) is 3.81. The summed E-state index contributed by atoms with van der Waals surface area (Å²) in [4.78, 5) is 54.1. The van der Waals surface area contributed by atoms with Crippen molar-refractivity contribution in [1.29, 1.82) is 0 Å². The van der Waals surface area contributed by atoms with Crippen LogP contribution >= 0.6 is 11.3 Å². The smallest absolute Gasteiger partial charge is 0.256 e. The normalized spacial score (nSPS) is 14.8. The topological polar surface area (TPSA) is 197 Å². The van der Waals surface area contributed by atoms with Gasteiger partial charge in [-0.05, 0) is 25.0 Å². The van der Waals surface area contributed by atoms with E-state index in [0.717, 1.165) is 10.6 Å². The number of nitrogens with zero attached hydrogens (tertiary/aromatic N) is 7. The Morgan fingerprint density at radius 3 is 2.31 bits per heavy atom. The van der Waals surface area contributed by atoms with Gasteiger partial charge in [0, 0.05) is 54.8 Å². The van der Waals surface area contributed by atoms with Crippen LogP contribution in [-0.4, -0.2) is 71.9 Å². The van der Waals surface area contributed by atoms with E-state index in [2.05, 4.69) is 47.1 Å². The minimum atomic E-state index is -0.364. The van der Waals surface area contributed by atoms with Gasteiger partial charge in [0.05, 0.1) is 24.6 Å². The van der Waals surface area contributed by atoms with Gasteiger partial charge >= 0.3 is 0 Å². The first-order chi connectivity index (χ1) is 23.4. The first-order valence-electron chi connectivity index (χ1n) is 15.3. The standard InChI is InChI=1S/C31H29N13O3S/c1-32-25-11-24-41-27-18(13-36-43(25)27)29(46)33-8-3-6-20-22(48-31(39-20)42-24)15-35-26-12-23-38-17-5-2-4-16(10-17)21(45)7-9-34-30(47)19-14-37-44(26)28(19)40-23/h2,4-5,10-14,32,35H,3,6-9,15H2,1H3,(H,33,46)(H,34,47)(H,38,40)(H,39,41,42). The van der Waals surface area contributed by atoms with Crippen molar-refractivity contribution in [2.24, 2.45) is 0 Å². The number of benzene rings is 1. The van der Waals surface area contributed by atoms with Crippen molar-refractivity contribution in [3.63, 3.8) is 0 Å². The molecular formula is C31H29N13O3S. The molecule has 8 bridgehead atoms. The lowest BCUT2D eigenvalue weighted by atomic mass is 10.1. The fourth-order valence-corrected chi connectivity index (χ4v) is 6.68. The number of carbonyl (C=O) groups is 3. The summed E-state index contributed by atoms with van der Waals surface area (Å²) in [5.74, 6) is 1.57. The second-order valence-electron chi connectivity index (χ2n) is 11.3. The van der Waals surface area contributed by atoms with Crippen LogP contribution in [0.5, 0.6) is 0 Å². The minimum absolute atomic E-state index is 0.0699. The molecule has 0 aliphatic carbocycles. The highest BCUT2D eigenvalue weighted by molar-refractivity contribution is 7.15. The Balaban J connectivity index is 1.13. The lowest BCUT2D eigenvalue weighted by Crippen LogP contribution is -2.26. The summed E-state index contributed by atoms with van der Waals surface area (Å²) in [6.45, 7) is 1.04. The summed E-state index contributed by atoms with van der Waals surface area (Å²) in [5.41, 5.74) is 3.60. The zero-order valence-corrected chi connectivity index (χ0v) is 26.4. The number of anilines is 6. The number of ketones is 1. The Bertz CT molecular complexity index is 2260. The molecule has 6 aromatic rings. The third kappa shape index (κ3) is 5.38. The number of rotatable bonds is 4. The van der Waals surface area contributed by atoms with Gasteiger partial charge in [0.15, 0.2) is 22.2 Å². The Morgan fingerprint density at radius 1 is 0.833 bits per heavy atom. The van der Waals surface area contributed by atoms with Crippen molar-refractivity contribution in [1.82, 2.24) is 44.8 Å². The minimum Gasteiger partial charge on any atom is -0.373 e. The molecule has 0 unspecified atom stereocenters. The zero-order valence-electron chi connectivity index (χ0n) is 25.6. The van der Waals surface area contributed by atoms with Crippen LogP contribution in [0.15, 0.2) is 48.8 Å². The fourth-order valence-electron chi connectivity index (χ4n) is 5.73. The lowest BCUT2D eigenvalue weighted by Gasteiger charge is -2.13. The van der Waals surface area contributed by atoms with Crippen LogP contribution < -0.4 is 31.9 Å². The summed E-state index contributed by atoms with van der Waals surface area (Å²) in [6, 6.07) is 10.8. The maximum atomic E-state index is 13.1. The molecule has 2 amide bonds. The summed E-state index contributed by atoms with van der Waals surface area (Å²) in [7, 11) is 1.78. The fraction of sp³-hybridized carbons (Fsp3) is 0.226. The Hall–Kier alpha value is -6.10. The molecule has 242 valence electrons.